The lowest BCUT2D eigenvalue weighted by atomic mass is 10.3. The summed E-state index contributed by atoms with van der Waals surface area (Å²) >= 11 is 0. The topological polar surface area (TPSA) is 72.3 Å². The van der Waals surface area contributed by atoms with Gasteiger partial charge in [0.15, 0.2) is 5.84 Å². The van der Waals surface area contributed by atoms with E-state index in [1.807, 2.05) is 6.92 Å². The van der Waals surface area contributed by atoms with Gasteiger partial charge < -0.3 is 10.7 Å². The van der Waals surface area contributed by atoms with Crippen LogP contribution < -0.4 is 5.84 Å². The molecule has 1 aliphatic rings. The highest BCUT2D eigenvalue weighted by atomic mass is 16.6. The van der Waals surface area contributed by atoms with Gasteiger partial charge in [0.2, 0.25) is 0 Å². The Hall–Kier alpha value is -1.39. The monoisotopic (exact) mass is 154 g/mol. The van der Waals surface area contributed by atoms with E-state index in [-0.39, 0.29) is 6.10 Å². The summed E-state index contributed by atoms with van der Waals surface area (Å²) in [5.74, 6) is 5.53. The fourth-order valence-electron chi connectivity index (χ4n) is 0.717. The fraction of sp³-hybridized carbons (Fsp3) is 0.500. The molecule has 0 aromatic carbocycles. The van der Waals surface area contributed by atoms with E-state index >= 15 is 0 Å². The molecule has 0 aliphatic carbocycles. The Morgan fingerprint density at radius 2 is 2.55 bits per heavy atom. The molecule has 1 heterocycles. The van der Waals surface area contributed by atoms with Crippen molar-refractivity contribution >= 4 is 18.3 Å². The third kappa shape index (κ3) is 2.37. The van der Waals surface area contributed by atoms with E-state index < -0.39 is 0 Å². The molecule has 0 bridgehead atoms. The number of hydrogen-bond acceptors (Lipinski definition) is 5. The van der Waals surface area contributed by atoms with E-state index in [0.717, 1.165) is 6.42 Å². The second kappa shape index (κ2) is 3.70. The predicted octanol–water partition coefficient (Wildman–Crippen LogP) is 0.124. The maximum atomic E-state index is 4.89. The van der Waals surface area contributed by atoms with E-state index in [1.165, 1.54) is 12.4 Å². The van der Waals surface area contributed by atoms with Crippen molar-refractivity contribution < 1.29 is 4.84 Å². The summed E-state index contributed by atoms with van der Waals surface area (Å²) in [6, 6.07) is 0. The quantitative estimate of drug-likeness (QED) is 0.331. The molecule has 0 saturated heterocycles. The molecule has 1 aliphatic heterocycles. The van der Waals surface area contributed by atoms with Gasteiger partial charge in [-0.2, -0.15) is 5.10 Å². The summed E-state index contributed by atoms with van der Waals surface area (Å²) in [7, 11) is 0. The maximum Gasteiger partial charge on any atom is 0.171 e. The van der Waals surface area contributed by atoms with Crippen LogP contribution >= 0.6 is 0 Å². The van der Waals surface area contributed by atoms with Crippen LogP contribution in [-0.4, -0.2) is 24.4 Å². The maximum absolute atomic E-state index is 4.89. The van der Waals surface area contributed by atoms with Crippen molar-refractivity contribution in [1.82, 2.24) is 0 Å². The summed E-state index contributed by atoms with van der Waals surface area (Å²) in [4.78, 5) is 8.83. The Balaban J connectivity index is 2.39. The summed E-state index contributed by atoms with van der Waals surface area (Å²) < 4.78 is 0. The smallest absolute Gasteiger partial charge is 0.171 e. The minimum atomic E-state index is 0.136. The number of hydrazone groups is 1. The van der Waals surface area contributed by atoms with Crippen molar-refractivity contribution in [2.24, 2.45) is 21.1 Å². The number of nitrogens with zero attached hydrogens (tertiary/aromatic N) is 3. The zero-order valence-electron chi connectivity index (χ0n) is 6.27. The lowest BCUT2D eigenvalue weighted by Crippen LogP contribution is -2.00. The van der Waals surface area contributed by atoms with Crippen LogP contribution in [0.1, 0.15) is 13.3 Å². The van der Waals surface area contributed by atoms with E-state index in [2.05, 4.69) is 15.2 Å². The van der Waals surface area contributed by atoms with Gasteiger partial charge in [0, 0.05) is 6.21 Å². The Morgan fingerprint density at radius 3 is 3.09 bits per heavy atom. The van der Waals surface area contributed by atoms with Crippen molar-refractivity contribution in [1.29, 1.82) is 0 Å². The van der Waals surface area contributed by atoms with Crippen molar-refractivity contribution in [3.05, 3.63) is 0 Å². The number of rotatable bonds is 1. The van der Waals surface area contributed by atoms with E-state index in [9.17, 15) is 0 Å². The molecule has 60 valence electrons. The van der Waals surface area contributed by atoms with Gasteiger partial charge >= 0.3 is 0 Å². The Morgan fingerprint density at radius 1 is 1.73 bits per heavy atom. The molecule has 0 radical (unpaired) electrons. The predicted molar refractivity (Wildman–Crippen MR) is 43.8 cm³/mol. The highest BCUT2D eigenvalue weighted by molar-refractivity contribution is 6.19. The molecule has 0 spiro atoms. The molecule has 11 heavy (non-hydrogen) atoms. The van der Waals surface area contributed by atoms with Crippen LogP contribution in [0.5, 0.6) is 0 Å². The normalized spacial score (nSPS) is 24.5. The van der Waals surface area contributed by atoms with Gasteiger partial charge in [-0.05, 0) is 6.92 Å². The van der Waals surface area contributed by atoms with Crippen LogP contribution in [0.25, 0.3) is 0 Å². The fourth-order valence-corrected chi connectivity index (χ4v) is 0.717. The molecule has 0 saturated carbocycles. The Bertz CT molecular complexity index is 209. The number of nitrogens with two attached hydrogens (primary N) is 1. The first kappa shape index (κ1) is 7.71. The molecule has 5 heteroatoms. The number of oxime groups is 1. The lowest BCUT2D eigenvalue weighted by Gasteiger charge is -1.93. The second-order valence-electron chi connectivity index (χ2n) is 2.20. The Kier molecular flexibility index (Phi) is 2.59. The molecule has 1 atom stereocenters. The number of aliphatic imine (C=N–C) groups is 1. The van der Waals surface area contributed by atoms with Gasteiger partial charge in [-0.3, -0.25) is 0 Å². The first-order valence-corrected chi connectivity index (χ1v) is 3.31. The zero-order chi connectivity index (χ0) is 8.10. The average Bonchev–Trinajstić information content (AvgIpc) is 2.37. The largest absolute Gasteiger partial charge is 0.391 e. The van der Waals surface area contributed by atoms with E-state index in [0.29, 0.717) is 5.84 Å². The number of hydrogen-bond donors (Lipinski definition) is 1. The van der Waals surface area contributed by atoms with Gasteiger partial charge in [-0.25, -0.2) is 4.99 Å². The van der Waals surface area contributed by atoms with Gasteiger partial charge in [-0.15, -0.1) is 0 Å². The standard InChI is InChI=1S/C6H10N4O/c1-5-4-6(10-11-5)8-2-3-9-7/h2-3,5H,4,7H2,1H3/b8-2?,9-3-. The van der Waals surface area contributed by atoms with Crippen LogP contribution in [0.15, 0.2) is 15.2 Å². The van der Waals surface area contributed by atoms with Gasteiger partial charge in [0.25, 0.3) is 0 Å². The molecule has 1 unspecified atom stereocenters. The molecule has 0 aromatic heterocycles. The van der Waals surface area contributed by atoms with Crippen molar-refractivity contribution in [2.75, 3.05) is 0 Å². The molecule has 0 aromatic rings. The number of amidine groups is 1. The SMILES string of the molecule is CC1CC(N=C/C=N\N)=NO1. The Labute approximate surface area is 64.6 Å². The van der Waals surface area contributed by atoms with Crippen molar-refractivity contribution in [3.8, 4) is 0 Å². The third-order valence-corrected chi connectivity index (χ3v) is 1.18. The minimum absolute atomic E-state index is 0.136. The summed E-state index contributed by atoms with van der Waals surface area (Å²) in [6.45, 7) is 1.93. The van der Waals surface area contributed by atoms with Crippen molar-refractivity contribution in [2.45, 2.75) is 19.4 Å². The van der Waals surface area contributed by atoms with E-state index in [4.69, 9.17) is 10.7 Å². The summed E-state index contributed by atoms with van der Waals surface area (Å²) in [6.07, 6.45) is 3.76. The molecule has 0 amide bonds. The third-order valence-electron chi connectivity index (χ3n) is 1.18. The summed E-state index contributed by atoms with van der Waals surface area (Å²) in [5.41, 5.74) is 0. The van der Waals surface area contributed by atoms with Crippen LogP contribution in [0.2, 0.25) is 0 Å². The summed E-state index contributed by atoms with van der Waals surface area (Å²) in [5, 5.41) is 6.95. The average molecular weight is 154 g/mol. The van der Waals surface area contributed by atoms with E-state index in [1.54, 1.807) is 0 Å². The van der Waals surface area contributed by atoms with Crippen LogP contribution in [-0.2, 0) is 4.84 Å². The van der Waals surface area contributed by atoms with Crippen LogP contribution in [0.4, 0.5) is 0 Å². The molecule has 2 N–H and O–H groups in total. The molecular weight excluding hydrogens is 144 g/mol. The zero-order valence-corrected chi connectivity index (χ0v) is 6.27. The van der Waals surface area contributed by atoms with Gasteiger partial charge in [0.05, 0.1) is 12.6 Å². The molecule has 0 fully saturated rings. The van der Waals surface area contributed by atoms with Crippen molar-refractivity contribution in [3.63, 3.8) is 0 Å². The van der Waals surface area contributed by atoms with Gasteiger partial charge in [0.1, 0.15) is 6.10 Å². The highest BCUT2D eigenvalue weighted by Crippen LogP contribution is 2.08. The first-order valence-electron chi connectivity index (χ1n) is 3.31. The van der Waals surface area contributed by atoms with Crippen LogP contribution in [0.3, 0.4) is 0 Å². The molecular formula is C6H10N4O. The van der Waals surface area contributed by atoms with Gasteiger partial charge in [-0.1, -0.05) is 5.16 Å². The highest BCUT2D eigenvalue weighted by Gasteiger charge is 2.13. The first-order chi connectivity index (χ1) is 5.33. The molecule has 1 rings (SSSR count). The minimum Gasteiger partial charge on any atom is -0.391 e. The molecule has 5 nitrogen and oxygen atoms in total. The van der Waals surface area contributed by atoms with Crippen LogP contribution in [0, 0.1) is 0 Å². The second-order valence-corrected chi connectivity index (χ2v) is 2.20. The lowest BCUT2D eigenvalue weighted by molar-refractivity contribution is 0.0995.